The summed E-state index contributed by atoms with van der Waals surface area (Å²) >= 11 is 0. The highest BCUT2D eigenvalue weighted by Crippen LogP contribution is 2.46. The minimum absolute atomic E-state index is 0.368. The fraction of sp³-hybridized carbons (Fsp3) is 0.565. The lowest BCUT2D eigenvalue weighted by Crippen LogP contribution is -2.05. The maximum absolute atomic E-state index is 8.99. The first-order valence-corrected chi connectivity index (χ1v) is 13.8. The summed E-state index contributed by atoms with van der Waals surface area (Å²) in [7, 11) is -0.736. The molecule has 1 rings (SSSR count). The van der Waals surface area contributed by atoms with Crippen molar-refractivity contribution in [2.24, 2.45) is 0 Å². The molecule has 0 bridgehead atoms. The zero-order chi connectivity index (χ0) is 21.6. The summed E-state index contributed by atoms with van der Waals surface area (Å²) in [6, 6.07) is 11.3. The highest BCUT2D eigenvalue weighted by atomic mass is 31.1. The number of nitriles is 4. The molecule has 6 heteroatoms. The molecular formula is C23H30N4P2. The molecule has 0 fully saturated rings. The second kappa shape index (κ2) is 14.1. The van der Waals surface area contributed by atoms with E-state index in [9.17, 15) is 0 Å². The third-order valence-electron chi connectivity index (χ3n) is 5.21. The quantitative estimate of drug-likeness (QED) is 0.372. The van der Waals surface area contributed by atoms with Gasteiger partial charge in [-0.1, -0.05) is 6.07 Å². The number of aryl methyl sites for hydroxylation is 2. The van der Waals surface area contributed by atoms with Gasteiger partial charge in [0.25, 0.3) is 0 Å². The van der Waals surface area contributed by atoms with E-state index in [-0.39, 0.29) is 15.8 Å². The number of nitrogens with zero attached hydrogens (tertiary/aromatic N) is 4. The van der Waals surface area contributed by atoms with Gasteiger partial charge in [-0.25, -0.2) is 0 Å². The van der Waals surface area contributed by atoms with Crippen LogP contribution in [0, 0.1) is 66.1 Å². The SMILES string of the molecule is Cc1cc(C)c(CP(CCC#N)CCC#N)c(C)c1CP(CCC#N)CCC#N. The average molecular weight is 424 g/mol. The van der Waals surface area contributed by atoms with E-state index in [4.69, 9.17) is 21.0 Å². The van der Waals surface area contributed by atoms with E-state index in [0.29, 0.717) is 25.7 Å². The molecule has 29 heavy (non-hydrogen) atoms. The lowest BCUT2D eigenvalue weighted by atomic mass is 9.95. The molecule has 1 aromatic carbocycles. The molecular weight excluding hydrogens is 394 g/mol. The van der Waals surface area contributed by atoms with Crippen molar-refractivity contribution in [3.63, 3.8) is 0 Å². The van der Waals surface area contributed by atoms with Crippen molar-refractivity contribution in [1.82, 2.24) is 0 Å². The van der Waals surface area contributed by atoms with Gasteiger partial charge in [0.2, 0.25) is 0 Å². The molecule has 0 amide bonds. The molecule has 0 spiro atoms. The highest BCUT2D eigenvalue weighted by molar-refractivity contribution is 7.57. The largest absolute Gasteiger partial charge is 0.198 e. The predicted molar refractivity (Wildman–Crippen MR) is 122 cm³/mol. The topological polar surface area (TPSA) is 95.2 Å². The molecule has 0 saturated heterocycles. The summed E-state index contributed by atoms with van der Waals surface area (Å²) in [6.45, 7) is 6.53. The predicted octanol–water partition coefficient (Wildman–Crippen LogP) is 6.23. The van der Waals surface area contributed by atoms with Crippen LogP contribution in [0.2, 0.25) is 0 Å². The van der Waals surface area contributed by atoms with Gasteiger partial charge in [-0.05, 0) is 85.6 Å². The monoisotopic (exact) mass is 424 g/mol. The normalized spacial score (nSPS) is 10.4. The van der Waals surface area contributed by atoms with Crippen molar-refractivity contribution in [1.29, 1.82) is 21.0 Å². The van der Waals surface area contributed by atoms with Crippen LogP contribution in [0.25, 0.3) is 0 Å². The van der Waals surface area contributed by atoms with Crippen LogP contribution in [0.3, 0.4) is 0 Å². The van der Waals surface area contributed by atoms with Gasteiger partial charge in [-0.15, -0.1) is 15.8 Å². The van der Waals surface area contributed by atoms with Crippen molar-refractivity contribution < 1.29 is 0 Å². The van der Waals surface area contributed by atoms with Crippen molar-refractivity contribution in [3.8, 4) is 24.3 Å². The van der Waals surface area contributed by atoms with Gasteiger partial charge in [0.15, 0.2) is 0 Å². The minimum Gasteiger partial charge on any atom is -0.198 e. The highest BCUT2D eigenvalue weighted by Gasteiger charge is 2.18. The van der Waals surface area contributed by atoms with E-state index in [1.54, 1.807) is 0 Å². The Kier molecular flexibility index (Phi) is 12.2. The minimum atomic E-state index is -0.368. The molecule has 1 aromatic rings. The second-order valence-electron chi connectivity index (χ2n) is 7.28. The summed E-state index contributed by atoms with van der Waals surface area (Å²) in [6.07, 6.45) is 7.75. The Bertz CT molecular complexity index is 735. The lowest BCUT2D eigenvalue weighted by molar-refractivity contribution is 1.10. The van der Waals surface area contributed by atoms with Gasteiger partial charge < -0.3 is 0 Å². The van der Waals surface area contributed by atoms with E-state index < -0.39 is 0 Å². The Labute approximate surface area is 178 Å². The van der Waals surface area contributed by atoms with E-state index in [1.165, 1.54) is 27.8 Å². The van der Waals surface area contributed by atoms with Crippen molar-refractivity contribution in [2.45, 2.75) is 58.8 Å². The zero-order valence-corrected chi connectivity index (χ0v) is 19.6. The second-order valence-corrected chi connectivity index (χ2v) is 12.4. The first-order valence-electron chi connectivity index (χ1n) is 9.99. The first kappa shape index (κ1) is 25.1. The van der Waals surface area contributed by atoms with Crippen LogP contribution in [0.15, 0.2) is 6.07 Å². The molecule has 0 unspecified atom stereocenters. The Morgan fingerprint density at radius 1 is 0.621 bits per heavy atom. The fourth-order valence-electron chi connectivity index (χ4n) is 3.58. The molecule has 0 radical (unpaired) electrons. The smallest absolute Gasteiger partial charge is 0.0625 e. The molecule has 0 aliphatic rings. The molecule has 0 aliphatic carbocycles. The molecule has 0 saturated carbocycles. The van der Waals surface area contributed by atoms with Crippen LogP contribution in [-0.4, -0.2) is 24.6 Å². The molecule has 0 heterocycles. The Morgan fingerprint density at radius 2 is 0.931 bits per heavy atom. The number of hydrogen-bond acceptors (Lipinski definition) is 4. The molecule has 0 N–H and O–H groups in total. The van der Waals surface area contributed by atoms with E-state index in [0.717, 1.165) is 37.0 Å². The first-order chi connectivity index (χ1) is 14.0. The van der Waals surface area contributed by atoms with Crippen LogP contribution >= 0.6 is 15.8 Å². The summed E-state index contributed by atoms with van der Waals surface area (Å²) < 4.78 is 0. The van der Waals surface area contributed by atoms with Crippen LogP contribution in [0.1, 0.15) is 53.5 Å². The average Bonchev–Trinajstić information content (AvgIpc) is 2.71. The fourth-order valence-corrected chi connectivity index (χ4v) is 8.19. The number of benzene rings is 1. The van der Waals surface area contributed by atoms with Crippen LogP contribution in [0.4, 0.5) is 0 Å². The molecule has 4 nitrogen and oxygen atoms in total. The third-order valence-corrected chi connectivity index (χ3v) is 10.2. The van der Waals surface area contributed by atoms with E-state index >= 15 is 0 Å². The van der Waals surface area contributed by atoms with Gasteiger partial charge in [0.1, 0.15) is 0 Å². The summed E-state index contributed by atoms with van der Waals surface area (Å²) in [5, 5.41) is 36.0. The zero-order valence-electron chi connectivity index (χ0n) is 17.8. The van der Waals surface area contributed by atoms with Crippen molar-refractivity contribution in [2.75, 3.05) is 24.6 Å². The van der Waals surface area contributed by atoms with Gasteiger partial charge >= 0.3 is 0 Å². The standard InChI is InChI=1S/C23H30N4P2/c1-19-16-20(2)23(18-29(14-6-10-26)15-7-11-27)21(3)22(19)17-28(12-4-8-24)13-5-9-25/h16H,4-7,12-15,17-18H2,1-3H3. The molecule has 0 aromatic heterocycles. The van der Waals surface area contributed by atoms with Gasteiger partial charge in [0.05, 0.1) is 24.3 Å². The van der Waals surface area contributed by atoms with Crippen molar-refractivity contribution >= 4 is 15.8 Å². The summed E-state index contributed by atoms with van der Waals surface area (Å²) in [5.74, 6) is 0. The summed E-state index contributed by atoms with van der Waals surface area (Å²) in [4.78, 5) is 0. The van der Waals surface area contributed by atoms with Gasteiger partial charge in [-0.3, -0.25) is 0 Å². The Balaban J connectivity index is 3.14. The van der Waals surface area contributed by atoms with Gasteiger partial charge in [-0.2, -0.15) is 21.0 Å². The van der Waals surface area contributed by atoms with Crippen molar-refractivity contribution in [3.05, 3.63) is 33.9 Å². The Morgan fingerprint density at radius 3 is 1.21 bits per heavy atom. The Hall–Kier alpha value is -1.96. The molecule has 0 atom stereocenters. The van der Waals surface area contributed by atoms with E-state index in [2.05, 4.69) is 51.1 Å². The summed E-state index contributed by atoms with van der Waals surface area (Å²) in [5.41, 5.74) is 6.68. The van der Waals surface area contributed by atoms with Crippen LogP contribution in [-0.2, 0) is 12.3 Å². The lowest BCUT2D eigenvalue weighted by Gasteiger charge is -2.24. The maximum Gasteiger partial charge on any atom is 0.0625 e. The van der Waals surface area contributed by atoms with Gasteiger partial charge in [0, 0.05) is 25.7 Å². The van der Waals surface area contributed by atoms with Crippen LogP contribution in [0.5, 0.6) is 0 Å². The van der Waals surface area contributed by atoms with Crippen LogP contribution < -0.4 is 0 Å². The molecule has 0 aliphatic heterocycles. The van der Waals surface area contributed by atoms with E-state index in [1.807, 2.05) is 0 Å². The molecule has 152 valence electrons. The number of hydrogen-bond donors (Lipinski definition) is 0. The third kappa shape index (κ3) is 8.51. The maximum atomic E-state index is 8.99. The number of rotatable bonds is 12.